The van der Waals surface area contributed by atoms with E-state index in [1.54, 1.807) is 24.0 Å². The molecule has 1 aromatic carbocycles. The van der Waals surface area contributed by atoms with Gasteiger partial charge in [-0.3, -0.25) is 4.98 Å². The standard InChI is InChI=1S/C21H16N6O/c1-28-21-9-5-16(13-23-21)18-7-8-19-24-25-20(27(19)26-18)12-14-4-6-17-15(11-14)3-2-10-22-17/h2-11,13H,12H2,1H3. The van der Waals surface area contributed by atoms with E-state index in [9.17, 15) is 0 Å². The number of aromatic nitrogens is 6. The van der Waals surface area contributed by atoms with E-state index >= 15 is 0 Å². The molecule has 0 radical (unpaired) electrons. The fourth-order valence-electron chi connectivity index (χ4n) is 3.17. The van der Waals surface area contributed by atoms with E-state index < -0.39 is 0 Å². The number of rotatable bonds is 4. The summed E-state index contributed by atoms with van der Waals surface area (Å²) in [6.07, 6.45) is 4.17. The molecular weight excluding hydrogens is 352 g/mol. The Kier molecular flexibility index (Phi) is 3.90. The molecule has 7 heteroatoms. The van der Waals surface area contributed by atoms with Gasteiger partial charge in [-0.05, 0) is 42.0 Å². The van der Waals surface area contributed by atoms with Crippen molar-refractivity contribution in [1.29, 1.82) is 0 Å². The SMILES string of the molecule is COc1ccc(-c2ccc3nnc(Cc4ccc5ncccc5c4)n3n2)cn1. The zero-order chi connectivity index (χ0) is 18.9. The highest BCUT2D eigenvalue weighted by molar-refractivity contribution is 5.79. The first-order valence-electron chi connectivity index (χ1n) is 8.85. The molecule has 28 heavy (non-hydrogen) atoms. The van der Waals surface area contributed by atoms with Gasteiger partial charge in [0, 0.05) is 35.8 Å². The van der Waals surface area contributed by atoms with Crippen LogP contribution in [0.3, 0.4) is 0 Å². The number of benzene rings is 1. The zero-order valence-corrected chi connectivity index (χ0v) is 15.1. The van der Waals surface area contributed by atoms with Gasteiger partial charge in [0.1, 0.15) is 0 Å². The van der Waals surface area contributed by atoms with Crippen LogP contribution < -0.4 is 4.74 Å². The Morgan fingerprint density at radius 1 is 0.964 bits per heavy atom. The van der Waals surface area contributed by atoms with Crippen LogP contribution in [-0.2, 0) is 6.42 Å². The van der Waals surface area contributed by atoms with Crippen molar-refractivity contribution in [2.24, 2.45) is 0 Å². The molecule has 4 aromatic heterocycles. The van der Waals surface area contributed by atoms with Crippen molar-refractivity contribution in [3.8, 4) is 17.1 Å². The first-order chi connectivity index (χ1) is 13.8. The van der Waals surface area contributed by atoms with Gasteiger partial charge in [0.05, 0.1) is 18.3 Å². The molecule has 0 amide bonds. The normalized spacial score (nSPS) is 11.2. The Morgan fingerprint density at radius 3 is 2.79 bits per heavy atom. The van der Waals surface area contributed by atoms with E-state index in [0.717, 1.165) is 33.5 Å². The summed E-state index contributed by atoms with van der Waals surface area (Å²) in [6.45, 7) is 0. The number of pyridine rings is 2. The van der Waals surface area contributed by atoms with Crippen LogP contribution in [0.5, 0.6) is 5.88 Å². The lowest BCUT2D eigenvalue weighted by atomic mass is 10.1. The second-order valence-corrected chi connectivity index (χ2v) is 6.40. The predicted octanol–water partition coefficient (Wildman–Crippen LogP) is 3.33. The van der Waals surface area contributed by atoms with Crippen molar-refractivity contribution in [3.63, 3.8) is 0 Å². The van der Waals surface area contributed by atoms with Gasteiger partial charge in [-0.15, -0.1) is 10.2 Å². The summed E-state index contributed by atoms with van der Waals surface area (Å²) in [6, 6.07) is 17.8. The third kappa shape index (κ3) is 2.92. The quantitative estimate of drug-likeness (QED) is 0.484. The van der Waals surface area contributed by atoms with Crippen LogP contribution in [0.1, 0.15) is 11.4 Å². The molecule has 0 bridgehead atoms. The monoisotopic (exact) mass is 368 g/mol. The Balaban J connectivity index is 1.51. The summed E-state index contributed by atoms with van der Waals surface area (Å²) >= 11 is 0. The van der Waals surface area contributed by atoms with E-state index in [4.69, 9.17) is 9.84 Å². The van der Waals surface area contributed by atoms with Gasteiger partial charge in [0.2, 0.25) is 5.88 Å². The van der Waals surface area contributed by atoms with Crippen LogP contribution in [0.25, 0.3) is 27.8 Å². The largest absolute Gasteiger partial charge is 0.481 e. The number of hydrogen-bond donors (Lipinski definition) is 0. The fourth-order valence-corrected chi connectivity index (χ4v) is 3.17. The van der Waals surface area contributed by atoms with E-state index in [-0.39, 0.29) is 0 Å². The molecule has 7 nitrogen and oxygen atoms in total. The summed E-state index contributed by atoms with van der Waals surface area (Å²) in [5.41, 5.74) is 4.52. The van der Waals surface area contributed by atoms with E-state index in [2.05, 4.69) is 38.4 Å². The maximum Gasteiger partial charge on any atom is 0.212 e. The first kappa shape index (κ1) is 16.3. The van der Waals surface area contributed by atoms with Crippen LogP contribution in [-0.4, -0.2) is 36.9 Å². The molecule has 0 unspecified atom stereocenters. The molecule has 0 atom stereocenters. The number of nitrogens with zero attached hydrogens (tertiary/aromatic N) is 6. The van der Waals surface area contributed by atoms with Crippen LogP contribution in [0, 0.1) is 0 Å². The first-order valence-corrected chi connectivity index (χ1v) is 8.85. The third-order valence-corrected chi connectivity index (χ3v) is 4.60. The van der Waals surface area contributed by atoms with Crippen molar-refractivity contribution >= 4 is 16.6 Å². The molecule has 0 aliphatic carbocycles. The molecule has 0 N–H and O–H groups in total. The second kappa shape index (κ2) is 6.70. The van der Waals surface area contributed by atoms with Gasteiger partial charge in [-0.2, -0.15) is 9.61 Å². The van der Waals surface area contributed by atoms with Gasteiger partial charge < -0.3 is 4.74 Å². The highest BCUT2D eigenvalue weighted by Crippen LogP contribution is 2.20. The molecule has 136 valence electrons. The molecule has 5 aromatic rings. The van der Waals surface area contributed by atoms with Crippen LogP contribution >= 0.6 is 0 Å². The lowest BCUT2D eigenvalue weighted by molar-refractivity contribution is 0.398. The number of methoxy groups -OCH3 is 1. The summed E-state index contributed by atoms with van der Waals surface area (Å²) < 4.78 is 6.90. The smallest absolute Gasteiger partial charge is 0.212 e. The van der Waals surface area contributed by atoms with Crippen molar-refractivity contribution in [3.05, 3.63) is 78.4 Å². The maximum atomic E-state index is 5.12. The van der Waals surface area contributed by atoms with Gasteiger partial charge in [0.25, 0.3) is 0 Å². The van der Waals surface area contributed by atoms with Crippen LogP contribution in [0.2, 0.25) is 0 Å². The van der Waals surface area contributed by atoms with Gasteiger partial charge in [-0.25, -0.2) is 4.98 Å². The van der Waals surface area contributed by atoms with Crippen molar-refractivity contribution < 1.29 is 4.74 Å². The third-order valence-electron chi connectivity index (χ3n) is 4.60. The van der Waals surface area contributed by atoms with E-state index in [1.807, 2.05) is 36.4 Å². The molecule has 0 saturated carbocycles. The molecule has 5 rings (SSSR count). The van der Waals surface area contributed by atoms with Crippen molar-refractivity contribution in [2.75, 3.05) is 7.11 Å². The van der Waals surface area contributed by atoms with Crippen LogP contribution in [0.4, 0.5) is 0 Å². The Morgan fingerprint density at radius 2 is 1.93 bits per heavy atom. The maximum absolute atomic E-state index is 5.12. The molecule has 0 saturated heterocycles. The minimum Gasteiger partial charge on any atom is -0.481 e. The molecule has 0 aliphatic rings. The molecular formula is C21H16N6O. The average Bonchev–Trinajstić information content (AvgIpc) is 3.16. The summed E-state index contributed by atoms with van der Waals surface area (Å²) in [7, 11) is 1.60. The lowest BCUT2D eigenvalue weighted by Crippen LogP contribution is -2.01. The zero-order valence-electron chi connectivity index (χ0n) is 15.1. The predicted molar refractivity (Wildman–Crippen MR) is 105 cm³/mol. The summed E-state index contributed by atoms with van der Waals surface area (Å²) in [5, 5.41) is 14.4. The molecule has 4 heterocycles. The summed E-state index contributed by atoms with van der Waals surface area (Å²) in [4.78, 5) is 8.62. The molecule has 0 aliphatic heterocycles. The lowest BCUT2D eigenvalue weighted by Gasteiger charge is -2.05. The summed E-state index contributed by atoms with van der Waals surface area (Å²) in [5.74, 6) is 1.35. The highest BCUT2D eigenvalue weighted by atomic mass is 16.5. The topological polar surface area (TPSA) is 78.1 Å². The van der Waals surface area contributed by atoms with Gasteiger partial charge in [0.15, 0.2) is 11.5 Å². The van der Waals surface area contributed by atoms with Crippen molar-refractivity contribution in [1.82, 2.24) is 29.8 Å². The molecule has 0 spiro atoms. The second-order valence-electron chi connectivity index (χ2n) is 6.40. The Hall–Kier alpha value is -3.87. The number of ether oxygens (including phenoxy) is 1. The number of hydrogen-bond acceptors (Lipinski definition) is 6. The Labute approximate surface area is 160 Å². The molecule has 0 fully saturated rings. The van der Waals surface area contributed by atoms with E-state index in [0.29, 0.717) is 17.9 Å². The Bertz CT molecular complexity index is 1280. The van der Waals surface area contributed by atoms with Crippen molar-refractivity contribution in [2.45, 2.75) is 6.42 Å². The van der Waals surface area contributed by atoms with Crippen LogP contribution in [0.15, 0.2) is 67.0 Å². The van der Waals surface area contributed by atoms with E-state index in [1.165, 1.54) is 0 Å². The minimum atomic E-state index is 0.570. The minimum absolute atomic E-state index is 0.570. The van der Waals surface area contributed by atoms with Gasteiger partial charge >= 0.3 is 0 Å². The van der Waals surface area contributed by atoms with Gasteiger partial charge in [-0.1, -0.05) is 12.1 Å². The highest BCUT2D eigenvalue weighted by Gasteiger charge is 2.10. The number of fused-ring (bicyclic) bond motifs is 2. The fraction of sp³-hybridized carbons (Fsp3) is 0.0952. The average molecular weight is 368 g/mol.